The second kappa shape index (κ2) is 11.5. The molecule has 2 aromatic rings. The number of nitrogens with zero attached hydrogens (tertiary/aromatic N) is 1. The van der Waals surface area contributed by atoms with E-state index in [9.17, 15) is 31.1 Å². The number of amides is 1. The van der Waals surface area contributed by atoms with Gasteiger partial charge < -0.3 is 19.7 Å². The van der Waals surface area contributed by atoms with Crippen LogP contribution in [-0.4, -0.2) is 43.1 Å². The Kier molecular flexibility index (Phi) is 8.48. The molecule has 0 spiro atoms. The van der Waals surface area contributed by atoms with Gasteiger partial charge >= 0.3 is 12.4 Å². The summed E-state index contributed by atoms with van der Waals surface area (Å²) < 4.78 is 90.5. The van der Waals surface area contributed by atoms with Crippen molar-refractivity contribution in [3.63, 3.8) is 0 Å². The van der Waals surface area contributed by atoms with Crippen molar-refractivity contribution in [2.45, 2.75) is 57.9 Å². The highest BCUT2D eigenvalue weighted by atomic mass is 19.4. The van der Waals surface area contributed by atoms with E-state index in [1.54, 1.807) is 0 Å². The first kappa shape index (κ1) is 28.8. The fraction of sp³-hybridized carbons (Fsp3) is 0.464. The molecule has 0 unspecified atom stereocenters. The van der Waals surface area contributed by atoms with Gasteiger partial charge in [0.15, 0.2) is 0 Å². The van der Waals surface area contributed by atoms with Gasteiger partial charge in [0.05, 0.1) is 17.7 Å². The minimum absolute atomic E-state index is 0.0122. The Balaban J connectivity index is 1.24. The number of fused-ring (bicyclic) bond motifs is 1. The van der Waals surface area contributed by atoms with Crippen LogP contribution in [0.3, 0.4) is 0 Å². The van der Waals surface area contributed by atoms with E-state index in [0.717, 1.165) is 41.4 Å². The minimum atomic E-state index is -5.01. The number of rotatable bonds is 7. The van der Waals surface area contributed by atoms with Crippen LogP contribution in [0.4, 0.5) is 26.3 Å². The molecule has 39 heavy (non-hydrogen) atoms. The molecule has 0 radical (unpaired) electrons. The van der Waals surface area contributed by atoms with E-state index in [0.29, 0.717) is 51.1 Å². The van der Waals surface area contributed by atoms with Crippen molar-refractivity contribution in [1.29, 1.82) is 0 Å². The molecule has 2 heterocycles. The molecular formula is C28H30F6N2O3. The van der Waals surface area contributed by atoms with Gasteiger partial charge in [-0.1, -0.05) is 6.07 Å². The zero-order valence-corrected chi connectivity index (χ0v) is 21.6. The quantitative estimate of drug-likeness (QED) is 0.308. The summed E-state index contributed by atoms with van der Waals surface area (Å²) in [6.07, 6.45) is -7.48. The number of carbonyl (C=O) groups is 1. The number of likely N-dealkylation sites (tertiary alicyclic amines) is 1. The first-order valence-corrected chi connectivity index (χ1v) is 12.7. The molecular weight excluding hydrogens is 526 g/mol. The molecule has 0 aliphatic carbocycles. The van der Waals surface area contributed by atoms with Crippen molar-refractivity contribution in [2.24, 2.45) is 0 Å². The fourth-order valence-corrected chi connectivity index (χ4v) is 4.68. The van der Waals surface area contributed by atoms with Crippen molar-refractivity contribution in [2.75, 3.05) is 26.2 Å². The summed E-state index contributed by atoms with van der Waals surface area (Å²) in [6, 6.07) is 6.31. The predicted molar refractivity (Wildman–Crippen MR) is 133 cm³/mol. The van der Waals surface area contributed by atoms with Gasteiger partial charge in [-0.3, -0.25) is 4.79 Å². The van der Waals surface area contributed by atoms with Gasteiger partial charge in [0.2, 0.25) is 0 Å². The lowest BCUT2D eigenvalue weighted by Gasteiger charge is -2.32. The van der Waals surface area contributed by atoms with Crippen LogP contribution in [-0.2, 0) is 18.8 Å². The average Bonchev–Trinajstić information content (AvgIpc) is 3.32. The van der Waals surface area contributed by atoms with Gasteiger partial charge in [-0.2, -0.15) is 26.3 Å². The smallest absolute Gasteiger partial charge is 0.416 e. The van der Waals surface area contributed by atoms with E-state index in [-0.39, 0.29) is 12.1 Å². The SMILES string of the molecule is CC(C)=C1Cc2c(OCCCN3CCC(NC(=O)c4cc(C(F)(F)F)cc(C(F)(F)F)c4)CC3)cccc2O1. The van der Waals surface area contributed by atoms with Crippen LogP contribution in [0.2, 0.25) is 0 Å². The Morgan fingerprint density at radius 3 is 2.26 bits per heavy atom. The van der Waals surface area contributed by atoms with Crippen LogP contribution < -0.4 is 14.8 Å². The van der Waals surface area contributed by atoms with Crippen LogP contribution in [0.5, 0.6) is 11.5 Å². The van der Waals surface area contributed by atoms with Crippen molar-refractivity contribution in [1.82, 2.24) is 10.2 Å². The maximum absolute atomic E-state index is 13.1. The lowest BCUT2D eigenvalue weighted by atomic mass is 10.0. The molecule has 0 bridgehead atoms. The van der Waals surface area contributed by atoms with Gasteiger partial charge in [-0.25, -0.2) is 0 Å². The minimum Gasteiger partial charge on any atom is -0.493 e. The molecule has 1 amide bonds. The van der Waals surface area contributed by atoms with Gasteiger partial charge in [0.1, 0.15) is 17.3 Å². The summed E-state index contributed by atoms with van der Waals surface area (Å²) in [5.41, 5.74) is -1.52. The Labute approximate surface area is 222 Å². The van der Waals surface area contributed by atoms with E-state index in [1.165, 1.54) is 0 Å². The maximum Gasteiger partial charge on any atom is 0.416 e. The molecule has 0 aromatic heterocycles. The number of hydrogen-bond acceptors (Lipinski definition) is 4. The molecule has 2 aliphatic heterocycles. The Hall–Kier alpha value is -3.21. The van der Waals surface area contributed by atoms with Crippen LogP contribution in [0.15, 0.2) is 47.7 Å². The molecule has 4 rings (SSSR count). The van der Waals surface area contributed by atoms with E-state index in [1.807, 2.05) is 32.0 Å². The Morgan fingerprint density at radius 2 is 1.67 bits per heavy atom. The number of hydrogen-bond donors (Lipinski definition) is 1. The third kappa shape index (κ3) is 7.26. The van der Waals surface area contributed by atoms with Gasteiger partial charge in [-0.15, -0.1) is 0 Å². The number of carbonyl (C=O) groups excluding carboxylic acids is 1. The highest BCUT2D eigenvalue weighted by molar-refractivity contribution is 5.94. The topological polar surface area (TPSA) is 50.8 Å². The molecule has 2 aliphatic rings. The van der Waals surface area contributed by atoms with Gasteiger partial charge in [0, 0.05) is 43.2 Å². The zero-order chi connectivity index (χ0) is 28.4. The van der Waals surface area contributed by atoms with E-state index in [2.05, 4.69) is 10.2 Å². The van der Waals surface area contributed by atoms with E-state index >= 15 is 0 Å². The summed E-state index contributed by atoms with van der Waals surface area (Å²) in [7, 11) is 0. The Morgan fingerprint density at radius 1 is 1.03 bits per heavy atom. The summed E-state index contributed by atoms with van der Waals surface area (Å²) in [5.74, 6) is 1.60. The fourth-order valence-electron chi connectivity index (χ4n) is 4.68. The number of piperidine rings is 1. The highest BCUT2D eigenvalue weighted by Crippen LogP contribution is 2.39. The molecule has 11 heteroatoms. The average molecular weight is 557 g/mol. The summed E-state index contributed by atoms with van der Waals surface area (Å²) >= 11 is 0. The second-order valence-corrected chi connectivity index (χ2v) is 10.0. The molecule has 0 saturated carbocycles. The van der Waals surface area contributed by atoms with Crippen molar-refractivity contribution >= 4 is 5.91 Å². The van der Waals surface area contributed by atoms with Crippen LogP contribution in [0, 0.1) is 0 Å². The third-order valence-corrected chi connectivity index (χ3v) is 6.87. The number of alkyl halides is 6. The lowest BCUT2D eigenvalue weighted by molar-refractivity contribution is -0.143. The molecule has 212 valence electrons. The largest absolute Gasteiger partial charge is 0.493 e. The predicted octanol–water partition coefficient (Wildman–Crippen LogP) is 6.62. The lowest BCUT2D eigenvalue weighted by Crippen LogP contribution is -2.45. The van der Waals surface area contributed by atoms with Crippen molar-refractivity contribution in [3.8, 4) is 11.5 Å². The molecule has 5 nitrogen and oxygen atoms in total. The molecule has 0 atom stereocenters. The summed E-state index contributed by atoms with van der Waals surface area (Å²) in [4.78, 5) is 14.7. The molecule has 2 aromatic carbocycles. The van der Waals surface area contributed by atoms with E-state index < -0.39 is 35.0 Å². The third-order valence-electron chi connectivity index (χ3n) is 6.87. The maximum atomic E-state index is 13.1. The van der Waals surface area contributed by atoms with Crippen molar-refractivity contribution < 1.29 is 40.6 Å². The zero-order valence-electron chi connectivity index (χ0n) is 21.6. The summed E-state index contributed by atoms with van der Waals surface area (Å²) in [5, 5.41) is 2.60. The van der Waals surface area contributed by atoms with Crippen molar-refractivity contribution in [3.05, 3.63) is 70.0 Å². The first-order valence-electron chi connectivity index (χ1n) is 12.7. The van der Waals surface area contributed by atoms with Gasteiger partial charge in [-0.05, 0) is 69.0 Å². The normalized spacial score (nSPS) is 16.6. The molecule has 1 fully saturated rings. The van der Waals surface area contributed by atoms with Crippen LogP contribution >= 0.6 is 0 Å². The second-order valence-electron chi connectivity index (χ2n) is 10.0. The van der Waals surface area contributed by atoms with Crippen LogP contribution in [0.1, 0.15) is 60.2 Å². The summed E-state index contributed by atoms with van der Waals surface area (Å²) in [6.45, 7) is 6.55. The standard InChI is InChI=1S/C28H30F6N2O3/c1-17(2)25-16-22-23(5-3-6-24(22)39-25)38-12-4-9-36-10-7-21(8-11-36)35-26(37)18-13-19(27(29,30)31)15-20(14-18)28(32,33)34/h3,5-6,13-15,21H,4,7-12,16H2,1-2H3,(H,35,37). The number of halogens is 6. The highest BCUT2D eigenvalue weighted by Gasteiger charge is 2.37. The number of benzene rings is 2. The first-order chi connectivity index (χ1) is 18.3. The van der Waals surface area contributed by atoms with Gasteiger partial charge in [0.25, 0.3) is 5.91 Å². The number of nitrogens with one attached hydrogen (secondary N) is 1. The molecule has 1 saturated heterocycles. The van der Waals surface area contributed by atoms with Crippen LogP contribution in [0.25, 0.3) is 0 Å². The molecule has 1 N–H and O–H groups in total. The van der Waals surface area contributed by atoms with E-state index in [4.69, 9.17) is 9.47 Å². The monoisotopic (exact) mass is 556 g/mol. The number of allylic oxidation sites excluding steroid dienone is 2. The number of ether oxygens (including phenoxy) is 2. The Bertz CT molecular complexity index is 1190.